The molecule has 0 aliphatic carbocycles. The van der Waals surface area contributed by atoms with E-state index in [2.05, 4.69) is 0 Å². The molecule has 0 saturated heterocycles. The Labute approximate surface area is 197 Å². The molecule has 0 atom stereocenters. The topological polar surface area (TPSA) is 107 Å². The first-order chi connectivity index (χ1) is 15.8. The number of non-ortho nitro benzene ring substituents is 1. The van der Waals surface area contributed by atoms with E-state index in [1.54, 1.807) is 54.6 Å². The minimum Gasteiger partial charge on any atom is -0.459 e. The Balaban J connectivity index is 1.32. The third-order valence-electron chi connectivity index (χ3n) is 4.84. The number of fused-ring (bicyclic) bond motifs is 1. The number of carbonyl (C=O) groups is 3. The second kappa shape index (κ2) is 9.43. The van der Waals surface area contributed by atoms with E-state index >= 15 is 0 Å². The van der Waals surface area contributed by atoms with Gasteiger partial charge >= 0.3 is 5.97 Å². The number of rotatable bonds is 7. The van der Waals surface area contributed by atoms with Gasteiger partial charge in [0.25, 0.3) is 17.5 Å². The molecule has 0 bridgehead atoms. The van der Waals surface area contributed by atoms with Gasteiger partial charge in [-0.05, 0) is 35.9 Å². The molecule has 1 aliphatic rings. The quantitative estimate of drug-likeness (QED) is 0.207. The van der Waals surface area contributed by atoms with E-state index < -0.39 is 29.3 Å². The molecule has 0 unspecified atom stereocenters. The summed E-state index contributed by atoms with van der Waals surface area (Å²) in [5, 5.41) is 11.1. The summed E-state index contributed by atoms with van der Waals surface area (Å²) in [5.41, 5.74) is 1.18. The SMILES string of the molecule is O=C(CN1C(=O)c2ccccc2C1=O)OCc1ccc(Sc2ccc([N+](=O)[O-])cc2Cl)cc1. The minimum absolute atomic E-state index is 0.0226. The smallest absolute Gasteiger partial charge is 0.326 e. The summed E-state index contributed by atoms with van der Waals surface area (Å²) in [7, 11) is 0. The third kappa shape index (κ3) is 4.89. The van der Waals surface area contributed by atoms with E-state index in [4.69, 9.17) is 16.3 Å². The van der Waals surface area contributed by atoms with Crippen LogP contribution in [0, 0.1) is 10.1 Å². The molecule has 0 radical (unpaired) electrons. The highest BCUT2D eigenvalue weighted by molar-refractivity contribution is 7.99. The van der Waals surface area contributed by atoms with E-state index in [9.17, 15) is 24.5 Å². The van der Waals surface area contributed by atoms with Gasteiger partial charge < -0.3 is 4.74 Å². The maximum atomic E-state index is 12.3. The van der Waals surface area contributed by atoms with Crippen LogP contribution in [-0.2, 0) is 16.1 Å². The number of nitro benzene ring substituents is 1. The molecule has 1 aliphatic heterocycles. The Kier molecular flexibility index (Phi) is 6.43. The van der Waals surface area contributed by atoms with Crippen molar-refractivity contribution in [2.45, 2.75) is 16.4 Å². The molecule has 166 valence electrons. The van der Waals surface area contributed by atoms with Crippen LogP contribution in [-0.4, -0.2) is 34.2 Å². The van der Waals surface area contributed by atoms with Crippen molar-refractivity contribution in [3.05, 3.63) is 98.6 Å². The number of hydrogen-bond donors (Lipinski definition) is 0. The number of esters is 1. The molecule has 8 nitrogen and oxygen atoms in total. The van der Waals surface area contributed by atoms with E-state index in [-0.39, 0.29) is 28.4 Å². The van der Waals surface area contributed by atoms with E-state index in [1.165, 1.54) is 23.9 Å². The molecule has 1 heterocycles. The first-order valence-electron chi connectivity index (χ1n) is 9.65. The number of nitro groups is 1. The summed E-state index contributed by atoms with van der Waals surface area (Å²) in [6, 6.07) is 17.8. The molecule has 0 saturated carbocycles. The fraction of sp³-hybridized carbons (Fsp3) is 0.0870. The highest BCUT2D eigenvalue weighted by Gasteiger charge is 2.36. The zero-order valence-electron chi connectivity index (χ0n) is 16.9. The van der Waals surface area contributed by atoms with Crippen LogP contribution >= 0.6 is 23.4 Å². The Morgan fingerprint density at radius 1 is 1.00 bits per heavy atom. The normalized spacial score (nSPS) is 12.6. The van der Waals surface area contributed by atoms with Gasteiger partial charge in [-0.25, -0.2) is 0 Å². The molecule has 0 fully saturated rings. The van der Waals surface area contributed by atoms with Crippen molar-refractivity contribution in [3.63, 3.8) is 0 Å². The van der Waals surface area contributed by atoms with E-state index in [0.29, 0.717) is 10.5 Å². The predicted octanol–water partition coefficient (Wildman–Crippen LogP) is 4.74. The van der Waals surface area contributed by atoms with Crippen molar-refractivity contribution >= 4 is 46.8 Å². The van der Waals surface area contributed by atoms with Gasteiger partial charge in [0.1, 0.15) is 13.2 Å². The van der Waals surface area contributed by atoms with Crippen molar-refractivity contribution in [1.29, 1.82) is 0 Å². The van der Waals surface area contributed by atoms with Gasteiger partial charge in [0, 0.05) is 21.9 Å². The minimum atomic E-state index is -0.694. The van der Waals surface area contributed by atoms with Gasteiger partial charge in [0.05, 0.1) is 21.1 Å². The number of imide groups is 1. The molecular formula is C23H15ClN2O6S. The van der Waals surface area contributed by atoms with Crippen LogP contribution in [0.5, 0.6) is 0 Å². The molecule has 3 aromatic rings. The van der Waals surface area contributed by atoms with Crippen LogP contribution in [0.1, 0.15) is 26.3 Å². The summed E-state index contributed by atoms with van der Waals surface area (Å²) in [5.74, 6) is -1.72. The van der Waals surface area contributed by atoms with E-state index in [1.807, 2.05) is 0 Å². The molecule has 0 spiro atoms. The molecule has 0 aromatic heterocycles. The molecule has 33 heavy (non-hydrogen) atoms. The zero-order chi connectivity index (χ0) is 23.5. The largest absolute Gasteiger partial charge is 0.459 e. The van der Waals surface area contributed by atoms with Crippen LogP contribution < -0.4 is 0 Å². The standard InChI is InChI=1S/C23H15ClN2O6S/c24-19-11-15(26(30)31)7-10-20(19)33-16-8-5-14(6-9-16)13-32-21(27)12-25-22(28)17-3-1-2-4-18(17)23(25)29/h1-11H,12-13H2. The lowest BCUT2D eigenvalue weighted by Crippen LogP contribution is -2.35. The fourth-order valence-electron chi connectivity index (χ4n) is 3.19. The number of ether oxygens (including phenoxy) is 1. The Morgan fingerprint density at radius 3 is 2.21 bits per heavy atom. The second-order valence-electron chi connectivity index (χ2n) is 7.02. The van der Waals surface area contributed by atoms with Crippen LogP contribution in [0.3, 0.4) is 0 Å². The third-order valence-corrected chi connectivity index (χ3v) is 6.35. The Bertz CT molecular complexity index is 1240. The molecule has 3 aromatic carbocycles. The number of hydrogen-bond acceptors (Lipinski definition) is 7. The number of amides is 2. The lowest BCUT2D eigenvalue weighted by atomic mass is 10.1. The summed E-state index contributed by atoms with van der Waals surface area (Å²) in [6.45, 7) is -0.482. The molecule has 4 rings (SSSR count). The lowest BCUT2D eigenvalue weighted by Gasteiger charge is -2.13. The molecule has 10 heteroatoms. The Hall–Kier alpha value is -3.69. The molecular weight excluding hydrogens is 468 g/mol. The van der Waals surface area contributed by atoms with Crippen LogP contribution in [0.25, 0.3) is 0 Å². The maximum Gasteiger partial charge on any atom is 0.326 e. The van der Waals surface area contributed by atoms with Gasteiger partial charge in [-0.1, -0.05) is 47.6 Å². The molecule has 2 amide bonds. The first kappa shape index (κ1) is 22.5. The average Bonchev–Trinajstić information content (AvgIpc) is 3.05. The number of carbonyl (C=O) groups excluding carboxylic acids is 3. The van der Waals surface area contributed by atoms with Crippen molar-refractivity contribution < 1.29 is 24.0 Å². The number of benzene rings is 3. The van der Waals surface area contributed by atoms with Crippen LogP contribution in [0.15, 0.2) is 76.5 Å². The van der Waals surface area contributed by atoms with Gasteiger partial charge in [-0.15, -0.1) is 0 Å². The summed E-state index contributed by atoms with van der Waals surface area (Å²) >= 11 is 7.46. The summed E-state index contributed by atoms with van der Waals surface area (Å²) < 4.78 is 5.22. The van der Waals surface area contributed by atoms with Gasteiger partial charge in [0.15, 0.2) is 0 Å². The zero-order valence-corrected chi connectivity index (χ0v) is 18.5. The molecule has 0 N–H and O–H groups in total. The average molecular weight is 483 g/mol. The highest BCUT2D eigenvalue weighted by atomic mass is 35.5. The predicted molar refractivity (Wildman–Crippen MR) is 120 cm³/mol. The monoisotopic (exact) mass is 482 g/mol. The second-order valence-corrected chi connectivity index (χ2v) is 8.54. The first-order valence-corrected chi connectivity index (χ1v) is 10.8. The van der Waals surface area contributed by atoms with Crippen molar-refractivity contribution in [1.82, 2.24) is 4.90 Å². The lowest BCUT2D eigenvalue weighted by molar-refractivity contribution is -0.384. The van der Waals surface area contributed by atoms with E-state index in [0.717, 1.165) is 9.80 Å². The maximum absolute atomic E-state index is 12.3. The number of nitrogens with zero attached hydrogens (tertiary/aromatic N) is 2. The van der Waals surface area contributed by atoms with Gasteiger partial charge in [-0.3, -0.25) is 29.4 Å². The summed E-state index contributed by atoms with van der Waals surface area (Å²) in [6.07, 6.45) is 0. The number of halogens is 1. The van der Waals surface area contributed by atoms with Crippen molar-refractivity contribution in [3.8, 4) is 0 Å². The van der Waals surface area contributed by atoms with Crippen molar-refractivity contribution in [2.75, 3.05) is 6.54 Å². The van der Waals surface area contributed by atoms with Crippen LogP contribution in [0.4, 0.5) is 5.69 Å². The summed E-state index contributed by atoms with van der Waals surface area (Å²) in [4.78, 5) is 49.6. The van der Waals surface area contributed by atoms with Crippen LogP contribution in [0.2, 0.25) is 5.02 Å². The van der Waals surface area contributed by atoms with Crippen molar-refractivity contribution in [2.24, 2.45) is 0 Å². The Morgan fingerprint density at radius 2 is 1.64 bits per heavy atom. The van der Waals surface area contributed by atoms with Gasteiger partial charge in [0.2, 0.25) is 0 Å². The van der Waals surface area contributed by atoms with Gasteiger partial charge in [-0.2, -0.15) is 0 Å². The fourth-order valence-corrected chi connectivity index (χ4v) is 4.30. The highest BCUT2D eigenvalue weighted by Crippen LogP contribution is 2.35.